The van der Waals surface area contributed by atoms with Crippen LogP contribution >= 0.6 is 15.9 Å². The minimum atomic E-state index is -0.599. The fourth-order valence-electron chi connectivity index (χ4n) is 3.04. The smallest absolute Gasteiger partial charge is 0.360 e. The van der Waals surface area contributed by atoms with Gasteiger partial charge in [0, 0.05) is 12.6 Å². The van der Waals surface area contributed by atoms with Crippen molar-refractivity contribution in [1.29, 1.82) is 0 Å². The summed E-state index contributed by atoms with van der Waals surface area (Å²) in [6.07, 6.45) is 5.67. The van der Waals surface area contributed by atoms with E-state index in [1.54, 1.807) is 12.1 Å². The maximum atomic E-state index is 12.5. The Bertz CT molecular complexity index is 588. The molecule has 132 valence electrons. The van der Waals surface area contributed by atoms with Gasteiger partial charge in [-0.25, -0.2) is 9.78 Å². The first kappa shape index (κ1) is 18.7. The first-order valence-electron chi connectivity index (χ1n) is 8.24. The minimum absolute atomic E-state index is 0.0559. The molecule has 1 heterocycles. The Morgan fingerprint density at radius 3 is 2.62 bits per heavy atom. The first-order chi connectivity index (χ1) is 11.6. The molecule has 1 aliphatic carbocycles. The van der Waals surface area contributed by atoms with Gasteiger partial charge < -0.3 is 14.4 Å². The summed E-state index contributed by atoms with van der Waals surface area (Å²) in [5.41, 5.74) is 0.0559. The molecule has 1 aromatic heterocycles. The van der Waals surface area contributed by atoms with Gasteiger partial charge in [-0.2, -0.15) is 0 Å². The lowest BCUT2D eigenvalue weighted by atomic mass is 9.94. The summed E-state index contributed by atoms with van der Waals surface area (Å²) in [6, 6.07) is 3.56. The monoisotopic (exact) mass is 398 g/mol. The lowest BCUT2D eigenvalue weighted by Gasteiger charge is -2.33. The molecule has 7 heteroatoms. The number of esters is 1. The maximum absolute atomic E-state index is 12.5. The number of carbonyl (C=O) groups excluding carboxylic acids is 2. The number of nitrogens with zero attached hydrogens (tertiary/aromatic N) is 2. The van der Waals surface area contributed by atoms with Gasteiger partial charge in [0.15, 0.2) is 18.1 Å². The number of methoxy groups -OCH3 is 1. The van der Waals surface area contributed by atoms with Crippen LogP contribution in [0.25, 0.3) is 0 Å². The molecule has 0 atom stereocenters. The van der Waals surface area contributed by atoms with Crippen LogP contribution in [-0.4, -0.2) is 48.1 Å². The molecule has 1 aromatic rings. The number of hydrogen-bond donors (Lipinski definition) is 0. The zero-order valence-corrected chi connectivity index (χ0v) is 15.7. The van der Waals surface area contributed by atoms with E-state index in [1.165, 1.54) is 26.4 Å². The molecule has 1 amide bonds. The zero-order valence-electron chi connectivity index (χ0n) is 14.1. The molecular weight excluding hydrogens is 376 g/mol. The third-order valence-electron chi connectivity index (χ3n) is 4.23. The van der Waals surface area contributed by atoms with Crippen molar-refractivity contribution in [1.82, 2.24) is 9.88 Å². The maximum Gasteiger partial charge on any atom is 0.360 e. The topological polar surface area (TPSA) is 68.7 Å². The fourth-order valence-corrected chi connectivity index (χ4v) is 3.34. The second-order valence-electron chi connectivity index (χ2n) is 5.73. The number of pyridine rings is 1. The predicted molar refractivity (Wildman–Crippen MR) is 93.0 cm³/mol. The molecule has 0 aliphatic heterocycles. The number of hydrogen-bond acceptors (Lipinski definition) is 5. The summed E-state index contributed by atoms with van der Waals surface area (Å²) in [7, 11) is 1.28. The van der Waals surface area contributed by atoms with Gasteiger partial charge in [-0.05, 0) is 47.8 Å². The summed E-state index contributed by atoms with van der Waals surface area (Å²) in [4.78, 5) is 30.3. The van der Waals surface area contributed by atoms with Gasteiger partial charge >= 0.3 is 5.97 Å². The van der Waals surface area contributed by atoms with Gasteiger partial charge in [0.2, 0.25) is 0 Å². The van der Waals surface area contributed by atoms with Gasteiger partial charge in [0.25, 0.3) is 5.91 Å². The molecule has 6 nitrogen and oxygen atoms in total. The van der Waals surface area contributed by atoms with E-state index in [-0.39, 0.29) is 24.0 Å². The normalized spacial score (nSPS) is 15.0. The highest BCUT2D eigenvalue weighted by molar-refractivity contribution is 9.10. The molecule has 2 rings (SSSR count). The van der Waals surface area contributed by atoms with Crippen molar-refractivity contribution in [2.75, 3.05) is 20.3 Å². The van der Waals surface area contributed by atoms with E-state index in [9.17, 15) is 9.59 Å². The summed E-state index contributed by atoms with van der Waals surface area (Å²) in [5, 5.41) is 0. The van der Waals surface area contributed by atoms with Crippen LogP contribution in [0.2, 0.25) is 0 Å². The SMILES string of the molecule is CCN(C(=O)COc1ccc(Br)nc1C(=O)OC)C1CCCCC1. The zero-order chi connectivity index (χ0) is 17.5. The molecular formula is C17H23BrN2O4. The van der Waals surface area contributed by atoms with Crippen LogP contribution < -0.4 is 4.74 Å². The van der Waals surface area contributed by atoms with Gasteiger partial charge in [0.1, 0.15) is 4.60 Å². The lowest BCUT2D eigenvalue weighted by Crippen LogP contribution is -2.43. The number of halogens is 1. The predicted octanol–water partition coefficient (Wildman–Crippen LogP) is 3.19. The number of rotatable bonds is 6. The van der Waals surface area contributed by atoms with Crippen LogP contribution in [0.1, 0.15) is 49.5 Å². The molecule has 24 heavy (non-hydrogen) atoms. The van der Waals surface area contributed by atoms with E-state index in [0.29, 0.717) is 17.2 Å². The Balaban J connectivity index is 2.03. The highest BCUT2D eigenvalue weighted by atomic mass is 79.9. The first-order valence-corrected chi connectivity index (χ1v) is 9.03. The average molecular weight is 399 g/mol. The van der Waals surface area contributed by atoms with Crippen molar-refractivity contribution in [3.05, 3.63) is 22.4 Å². The quantitative estimate of drug-likeness (QED) is 0.543. The summed E-state index contributed by atoms with van der Waals surface area (Å²) in [5.74, 6) is -0.417. The Morgan fingerprint density at radius 1 is 1.29 bits per heavy atom. The molecule has 0 N–H and O–H groups in total. The van der Waals surface area contributed by atoms with Crippen LogP contribution in [-0.2, 0) is 9.53 Å². The standard InChI is InChI=1S/C17H23BrN2O4/c1-3-20(12-7-5-4-6-8-12)15(21)11-24-13-9-10-14(18)19-16(13)17(22)23-2/h9-10,12H,3-8,11H2,1-2H3. The molecule has 0 radical (unpaired) electrons. The van der Waals surface area contributed by atoms with Crippen LogP contribution in [0.3, 0.4) is 0 Å². The Labute approximate surface area is 150 Å². The van der Waals surface area contributed by atoms with Crippen molar-refractivity contribution in [2.45, 2.75) is 45.1 Å². The molecule has 0 saturated heterocycles. The van der Waals surface area contributed by atoms with Gasteiger partial charge in [0.05, 0.1) is 7.11 Å². The Morgan fingerprint density at radius 2 is 2.00 bits per heavy atom. The number of likely N-dealkylation sites (N-methyl/N-ethyl adjacent to an activating group) is 1. The van der Waals surface area contributed by atoms with Crippen LogP contribution in [0.4, 0.5) is 0 Å². The van der Waals surface area contributed by atoms with E-state index >= 15 is 0 Å². The highest BCUT2D eigenvalue weighted by Crippen LogP contribution is 2.24. The van der Waals surface area contributed by atoms with Crippen LogP contribution in [0.15, 0.2) is 16.7 Å². The molecule has 0 bridgehead atoms. The van der Waals surface area contributed by atoms with Gasteiger partial charge in [-0.1, -0.05) is 19.3 Å². The third-order valence-corrected chi connectivity index (χ3v) is 4.67. The molecule has 1 saturated carbocycles. The number of amides is 1. The Kier molecular flexibility index (Phi) is 7.02. The molecule has 0 spiro atoms. The molecule has 1 aliphatic rings. The van der Waals surface area contributed by atoms with E-state index < -0.39 is 5.97 Å². The van der Waals surface area contributed by atoms with E-state index in [0.717, 1.165) is 12.8 Å². The third kappa shape index (κ3) is 4.69. The highest BCUT2D eigenvalue weighted by Gasteiger charge is 2.25. The summed E-state index contributed by atoms with van der Waals surface area (Å²) in [6.45, 7) is 2.53. The van der Waals surface area contributed by atoms with Gasteiger partial charge in [-0.3, -0.25) is 4.79 Å². The molecule has 1 fully saturated rings. The van der Waals surface area contributed by atoms with Crippen molar-refractivity contribution in [2.24, 2.45) is 0 Å². The molecule has 0 unspecified atom stereocenters. The minimum Gasteiger partial charge on any atom is -0.481 e. The summed E-state index contributed by atoms with van der Waals surface area (Å²) >= 11 is 3.21. The van der Waals surface area contributed by atoms with Crippen molar-refractivity contribution in [3.63, 3.8) is 0 Å². The largest absolute Gasteiger partial charge is 0.481 e. The van der Waals surface area contributed by atoms with E-state index in [2.05, 4.69) is 20.9 Å². The Hall–Kier alpha value is -1.63. The van der Waals surface area contributed by atoms with Crippen molar-refractivity contribution in [3.8, 4) is 5.75 Å². The lowest BCUT2D eigenvalue weighted by molar-refractivity contribution is -0.136. The van der Waals surface area contributed by atoms with E-state index in [4.69, 9.17) is 9.47 Å². The van der Waals surface area contributed by atoms with Gasteiger partial charge in [-0.15, -0.1) is 0 Å². The number of carbonyl (C=O) groups is 2. The van der Waals surface area contributed by atoms with E-state index in [1.807, 2.05) is 11.8 Å². The van der Waals surface area contributed by atoms with Crippen LogP contribution in [0.5, 0.6) is 5.75 Å². The second-order valence-corrected chi connectivity index (χ2v) is 6.55. The average Bonchev–Trinajstić information content (AvgIpc) is 2.61. The van der Waals surface area contributed by atoms with Crippen LogP contribution in [0, 0.1) is 0 Å². The summed E-state index contributed by atoms with van der Waals surface area (Å²) < 4.78 is 10.8. The number of aromatic nitrogens is 1. The van der Waals surface area contributed by atoms with Crippen molar-refractivity contribution >= 4 is 27.8 Å². The van der Waals surface area contributed by atoms with Crippen molar-refractivity contribution < 1.29 is 19.1 Å². The number of ether oxygens (including phenoxy) is 2. The molecule has 0 aromatic carbocycles. The second kappa shape index (κ2) is 9.01. The fraction of sp³-hybridized carbons (Fsp3) is 0.588.